The number of halogens is 4. The van der Waals surface area contributed by atoms with E-state index in [2.05, 4.69) is 164 Å². The molecule has 0 saturated carbocycles. The minimum atomic E-state index is -4.94. The predicted molar refractivity (Wildman–Crippen MR) is 246 cm³/mol. The van der Waals surface area contributed by atoms with Crippen molar-refractivity contribution in [3.05, 3.63) is 121 Å². The Kier molecular flexibility index (Phi) is 39.4. The average Bonchev–Trinajstić information content (AvgIpc) is 3.26. The van der Waals surface area contributed by atoms with Crippen LogP contribution >= 0.6 is 28.3 Å². The van der Waals surface area contributed by atoms with E-state index in [-0.39, 0.29) is 66.9 Å². The number of carbonyl (C=O) groups excluding carboxylic acids is 2. The van der Waals surface area contributed by atoms with Gasteiger partial charge in [-0.25, -0.2) is 37.3 Å². The zero-order chi connectivity index (χ0) is 47.1. The molecule has 0 aliphatic heterocycles. The molecule has 0 atom stereocenters. The smallest absolute Gasteiger partial charge is 1.00 e. The first-order valence-electron chi connectivity index (χ1n) is 20.6. The van der Waals surface area contributed by atoms with Gasteiger partial charge in [0, 0.05) is 0 Å². The van der Waals surface area contributed by atoms with Crippen molar-refractivity contribution in [2.45, 2.75) is 55.4 Å². The predicted octanol–water partition coefficient (Wildman–Crippen LogP) is -5.66. The van der Waals surface area contributed by atoms with Crippen LogP contribution in [-0.2, 0) is 51.7 Å². The molecule has 0 aliphatic carbocycles. The van der Waals surface area contributed by atoms with Gasteiger partial charge in [-0.05, 0) is 88.2 Å². The van der Waals surface area contributed by atoms with Crippen LogP contribution in [0.5, 0.6) is 0 Å². The molecule has 4 aromatic carbocycles. The normalized spacial score (nSPS) is 11.3. The average molecular weight is 1430 g/mol. The fourth-order valence-corrected chi connectivity index (χ4v) is 20.3. The van der Waals surface area contributed by atoms with Gasteiger partial charge in [0.05, 0.1) is 49.8 Å². The van der Waals surface area contributed by atoms with Gasteiger partial charge >= 0.3 is 42.1 Å². The topological polar surface area (TPSA) is 219 Å². The number of Topliss-reactive ketones (excluding diaryl/α,β-unsaturated/α-hetero) is 2. The largest absolute Gasteiger partial charge is 2.00 e. The Balaban J connectivity index is -0.000000459. The molecule has 0 spiro atoms. The van der Waals surface area contributed by atoms with Crippen molar-refractivity contribution in [2.75, 3.05) is 61.6 Å². The van der Waals surface area contributed by atoms with Gasteiger partial charge in [-0.15, -0.1) is 31.1 Å². The van der Waals surface area contributed by atoms with Gasteiger partial charge in [-0.2, -0.15) is 60.7 Å². The fourth-order valence-electron chi connectivity index (χ4n) is 7.48. The zero-order valence-corrected chi connectivity index (χ0v) is 49.8. The fraction of sp³-hybridized carbons (Fsp3) is 0.391. The van der Waals surface area contributed by atoms with Crippen LogP contribution < -0.4 is 83.3 Å². The van der Waals surface area contributed by atoms with Gasteiger partial charge in [0.15, 0.2) is 11.6 Å². The maximum absolute atomic E-state index is 13.2. The Labute approximate surface area is 441 Å². The van der Waals surface area contributed by atoms with Crippen LogP contribution in [0, 0.1) is 32.6 Å². The second kappa shape index (κ2) is 35.9. The van der Waals surface area contributed by atoms with E-state index >= 15 is 0 Å². The summed E-state index contributed by atoms with van der Waals surface area (Å²) in [5.41, 5.74) is 0. The molecule has 4 rings (SSSR count). The molecule has 10 nitrogen and oxygen atoms in total. The number of ketones is 2. The van der Waals surface area contributed by atoms with E-state index in [1.54, 1.807) is 0 Å². The van der Waals surface area contributed by atoms with Crippen LogP contribution in [0.15, 0.2) is 109 Å². The van der Waals surface area contributed by atoms with Crippen molar-refractivity contribution in [2.24, 2.45) is 0 Å². The second-order valence-electron chi connectivity index (χ2n) is 14.3. The summed E-state index contributed by atoms with van der Waals surface area (Å²) in [6, 6.07) is 44.7. The molecule has 0 heterocycles. The summed E-state index contributed by atoms with van der Waals surface area (Å²) in [7, 11) is -12.8. The SMILES string of the molecule is CCP(=CC(=O)C[P+](CC)(CC)c1ccccc1)(CC)c1[c-]cccc1.CCP(=CC(=O)C[P+](CC)(CC)c1ccccc1)(CC)c1[c-]cccc1.[Cl-].[Cl-].[O-][Cl+3]([O-])([O-])[O-].[O-][Cl+3]([O-])([O-])[O-].[Pt+2].[Pt+2]. The first-order valence-corrected chi connectivity index (χ1v) is 32.2. The van der Waals surface area contributed by atoms with Gasteiger partial charge < -0.3 is 24.8 Å². The van der Waals surface area contributed by atoms with Crippen molar-refractivity contribution in [3.63, 3.8) is 0 Å². The van der Waals surface area contributed by atoms with Gasteiger partial charge in [0.1, 0.15) is 12.3 Å². The maximum Gasteiger partial charge on any atom is 2.00 e. The monoisotopic (exact) mass is 1430 g/mol. The Hall–Kier alpha value is -0.103. The summed E-state index contributed by atoms with van der Waals surface area (Å²) in [5, 5.41) is 5.29. The minimum absolute atomic E-state index is 0. The third-order valence-corrected chi connectivity index (χ3v) is 29.3. The molecule has 0 N–H and O–H groups in total. The maximum atomic E-state index is 13.2. The summed E-state index contributed by atoms with van der Waals surface area (Å²) in [6.45, 7) is 14.8. The van der Waals surface area contributed by atoms with Crippen molar-refractivity contribution >= 4 is 72.7 Å². The molecular formula is C46H64Cl4O10P4Pt2. The van der Waals surface area contributed by atoms with Crippen molar-refractivity contribution in [1.82, 2.24) is 0 Å². The molecule has 4 aromatic rings. The van der Waals surface area contributed by atoms with Crippen molar-refractivity contribution in [3.8, 4) is 0 Å². The molecule has 66 heavy (non-hydrogen) atoms. The van der Waals surface area contributed by atoms with E-state index in [1.165, 1.54) is 21.2 Å². The van der Waals surface area contributed by atoms with E-state index in [4.69, 9.17) is 37.3 Å². The third-order valence-electron chi connectivity index (χ3n) is 11.3. The number of hydrogen-bond acceptors (Lipinski definition) is 10. The molecular weight excluding hydrogens is 1370 g/mol. The van der Waals surface area contributed by atoms with Crippen molar-refractivity contribution in [1.29, 1.82) is 0 Å². The van der Waals surface area contributed by atoms with Gasteiger partial charge in [0.2, 0.25) is 0 Å². The van der Waals surface area contributed by atoms with Crippen LogP contribution in [-0.4, -0.2) is 84.8 Å². The van der Waals surface area contributed by atoms with E-state index in [0.717, 1.165) is 49.3 Å². The number of carbonyl (C=O) groups is 2. The van der Waals surface area contributed by atoms with Crippen LogP contribution in [0.2, 0.25) is 0 Å². The van der Waals surface area contributed by atoms with E-state index in [0.29, 0.717) is 23.9 Å². The van der Waals surface area contributed by atoms with Gasteiger partial charge in [-0.1, -0.05) is 77.9 Å². The molecule has 376 valence electrons. The molecule has 0 bridgehead atoms. The summed E-state index contributed by atoms with van der Waals surface area (Å²) in [6.07, 6.45) is 9.91. The van der Waals surface area contributed by atoms with Gasteiger partial charge in [0.25, 0.3) is 0 Å². The summed E-state index contributed by atoms with van der Waals surface area (Å²) < 4.78 is 67.9. The molecule has 0 saturated heterocycles. The van der Waals surface area contributed by atoms with E-state index < -0.39 is 48.8 Å². The number of rotatable bonds is 18. The van der Waals surface area contributed by atoms with E-state index in [9.17, 15) is 9.59 Å². The summed E-state index contributed by atoms with van der Waals surface area (Å²) in [4.78, 5) is 26.5. The van der Waals surface area contributed by atoms with Crippen molar-refractivity contribution < 1.29 is 134 Å². The van der Waals surface area contributed by atoms with Crippen LogP contribution in [0.1, 0.15) is 55.4 Å². The molecule has 0 unspecified atom stereocenters. The van der Waals surface area contributed by atoms with Crippen LogP contribution in [0.3, 0.4) is 0 Å². The summed E-state index contributed by atoms with van der Waals surface area (Å²) in [5.74, 6) is 4.95. The first kappa shape index (κ1) is 72.4. The molecule has 0 amide bonds. The molecule has 0 aliphatic rings. The Morgan fingerprint density at radius 1 is 0.470 bits per heavy atom. The van der Waals surface area contributed by atoms with E-state index in [1.807, 2.05) is 24.3 Å². The van der Waals surface area contributed by atoms with Crippen LogP contribution in [0.25, 0.3) is 0 Å². The molecule has 0 aromatic heterocycles. The third kappa shape index (κ3) is 25.3. The Morgan fingerprint density at radius 3 is 0.909 bits per heavy atom. The Bertz CT molecular complexity index is 1830. The standard InChI is InChI=1S/2C23H32OP2.2ClHO4.2ClH.2Pt/c2*1-5-25(6-2,22-15-11-9-12-16-22)19-21(24)20-26(7-3,8-4)23-17-13-10-14-18-23;2*2-1(3,4)5;;;;/h2*9-17,20H,5-8,19H2,1-4H3;2*(H,2,3,4,5);2*1H;;/q;;;;;;2*+2/p-4. The number of benzene rings is 4. The molecule has 20 heteroatoms. The number of hydrogen-bond donors (Lipinski definition) is 0. The first-order chi connectivity index (χ1) is 29.1. The summed E-state index contributed by atoms with van der Waals surface area (Å²) >= 11 is 0. The molecule has 0 radical (unpaired) electrons. The van der Waals surface area contributed by atoms with Gasteiger partial charge in [-0.3, -0.25) is 9.59 Å². The quantitative estimate of drug-likeness (QED) is 0.0680. The second-order valence-corrected chi connectivity index (χ2v) is 32.8. The minimum Gasteiger partial charge on any atom is -1.00 e. The Morgan fingerprint density at radius 2 is 0.712 bits per heavy atom. The zero-order valence-electron chi connectivity index (χ0n) is 38.6. The van der Waals surface area contributed by atoms with Crippen LogP contribution in [0.4, 0.5) is 0 Å². The molecule has 0 fully saturated rings.